The van der Waals surface area contributed by atoms with E-state index in [0.29, 0.717) is 11.3 Å². The number of hydrogen-bond acceptors (Lipinski definition) is 4. The van der Waals surface area contributed by atoms with Crippen LogP contribution in [-0.4, -0.2) is 19.0 Å². The number of nitrogens with zero attached hydrogens (tertiary/aromatic N) is 1. The van der Waals surface area contributed by atoms with Crippen LogP contribution in [0.4, 0.5) is 0 Å². The summed E-state index contributed by atoms with van der Waals surface area (Å²) in [6.45, 7) is 0. The predicted octanol–water partition coefficient (Wildman–Crippen LogP) is 3.04. The third-order valence-electron chi connectivity index (χ3n) is 3.06. The molecule has 0 saturated carbocycles. The van der Waals surface area contributed by atoms with Gasteiger partial charge in [-0.15, -0.1) is 0 Å². The number of para-hydroxylation sites is 1. The van der Waals surface area contributed by atoms with E-state index in [0.717, 1.165) is 5.56 Å². The summed E-state index contributed by atoms with van der Waals surface area (Å²) in [5, 5.41) is 0. The van der Waals surface area contributed by atoms with Gasteiger partial charge < -0.3 is 9.47 Å². The Balaban J connectivity index is 1.98. The van der Waals surface area contributed by atoms with Gasteiger partial charge in [0.05, 0.1) is 12.7 Å². The van der Waals surface area contributed by atoms with Crippen LogP contribution in [0.25, 0.3) is 6.08 Å². The van der Waals surface area contributed by atoms with Crippen LogP contribution in [0.15, 0.2) is 65.3 Å². The summed E-state index contributed by atoms with van der Waals surface area (Å²) < 4.78 is 10.5. The number of esters is 1. The van der Waals surface area contributed by atoms with E-state index in [1.807, 2.05) is 42.5 Å². The number of methoxy groups -OCH3 is 1. The molecule has 0 bridgehead atoms. The Morgan fingerprint density at radius 2 is 1.76 bits per heavy atom. The van der Waals surface area contributed by atoms with E-state index in [4.69, 9.17) is 9.47 Å². The molecule has 0 N–H and O–H groups in total. The van der Waals surface area contributed by atoms with E-state index in [1.54, 1.807) is 25.3 Å². The molecule has 0 fully saturated rings. The first kappa shape index (κ1) is 13.1. The van der Waals surface area contributed by atoms with Crippen molar-refractivity contribution in [3.8, 4) is 5.75 Å². The van der Waals surface area contributed by atoms with Crippen molar-refractivity contribution in [2.24, 2.45) is 4.99 Å². The van der Waals surface area contributed by atoms with Crippen LogP contribution < -0.4 is 4.74 Å². The summed E-state index contributed by atoms with van der Waals surface area (Å²) in [6, 6.07) is 16.8. The van der Waals surface area contributed by atoms with Gasteiger partial charge in [-0.25, -0.2) is 9.79 Å². The van der Waals surface area contributed by atoms with Crippen LogP contribution in [0, 0.1) is 0 Å². The molecule has 0 unspecified atom stereocenters. The zero-order valence-electron chi connectivity index (χ0n) is 11.4. The van der Waals surface area contributed by atoms with Crippen LogP contribution in [0.5, 0.6) is 5.75 Å². The van der Waals surface area contributed by atoms with Crippen molar-refractivity contribution in [3.63, 3.8) is 0 Å². The van der Waals surface area contributed by atoms with E-state index in [1.165, 1.54) is 0 Å². The average molecular weight is 279 g/mol. The Bertz CT molecular complexity index is 733. The summed E-state index contributed by atoms with van der Waals surface area (Å²) in [6.07, 6.45) is 1.70. The normalized spacial score (nSPS) is 15.8. The van der Waals surface area contributed by atoms with Gasteiger partial charge in [0, 0.05) is 0 Å². The largest absolute Gasteiger partial charge is 0.496 e. The summed E-state index contributed by atoms with van der Waals surface area (Å²) in [5.41, 5.74) is 1.83. The molecule has 0 aromatic heterocycles. The van der Waals surface area contributed by atoms with Crippen molar-refractivity contribution >= 4 is 17.9 Å². The smallest absolute Gasteiger partial charge is 0.363 e. The van der Waals surface area contributed by atoms with Gasteiger partial charge in [-0.05, 0) is 23.8 Å². The number of ether oxygens (including phenoxy) is 2. The van der Waals surface area contributed by atoms with Crippen LogP contribution in [-0.2, 0) is 9.53 Å². The third-order valence-corrected chi connectivity index (χ3v) is 3.06. The van der Waals surface area contributed by atoms with Crippen LogP contribution in [0.1, 0.15) is 11.1 Å². The number of cyclic esters (lactones) is 1. The number of hydrogen-bond donors (Lipinski definition) is 0. The number of carbonyl (C=O) groups is 1. The molecule has 1 aliphatic rings. The lowest BCUT2D eigenvalue weighted by molar-refractivity contribution is -0.129. The monoisotopic (exact) mass is 279 g/mol. The van der Waals surface area contributed by atoms with Crippen LogP contribution >= 0.6 is 0 Å². The van der Waals surface area contributed by atoms with E-state index < -0.39 is 5.97 Å². The summed E-state index contributed by atoms with van der Waals surface area (Å²) in [7, 11) is 1.57. The van der Waals surface area contributed by atoms with E-state index in [9.17, 15) is 4.79 Å². The minimum absolute atomic E-state index is 0.264. The molecule has 1 aliphatic heterocycles. The SMILES string of the molecule is COc1ccccc1C1=N/C(=C\c2ccccc2)C(=O)O1. The van der Waals surface area contributed by atoms with Gasteiger partial charge in [-0.1, -0.05) is 42.5 Å². The first-order valence-corrected chi connectivity index (χ1v) is 6.49. The minimum Gasteiger partial charge on any atom is -0.496 e. The molecule has 3 rings (SSSR count). The van der Waals surface area contributed by atoms with Crippen molar-refractivity contribution in [3.05, 3.63) is 71.4 Å². The fourth-order valence-electron chi connectivity index (χ4n) is 2.05. The number of aliphatic imine (C=N–C) groups is 1. The zero-order valence-corrected chi connectivity index (χ0v) is 11.4. The van der Waals surface area contributed by atoms with Gasteiger partial charge in [-0.2, -0.15) is 0 Å². The molecule has 104 valence electrons. The Morgan fingerprint density at radius 3 is 2.52 bits per heavy atom. The fourth-order valence-corrected chi connectivity index (χ4v) is 2.05. The Morgan fingerprint density at radius 1 is 1.05 bits per heavy atom. The molecule has 2 aromatic rings. The van der Waals surface area contributed by atoms with E-state index in [-0.39, 0.29) is 11.6 Å². The Labute approximate surface area is 122 Å². The second kappa shape index (κ2) is 5.63. The van der Waals surface area contributed by atoms with Gasteiger partial charge in [-0.3, -0.25) is 0 Å². The average Bonchev–Trinajstić information content (AvgIpc) is 2.89. The molecule has 1 heterocycles. The molecule has 4 nitrogen and oxygen atoms in total. The molecule has 0 saturated heterocycles. The maximum Gasteiger partial charge on any atom is 0.363 e. The summed E-state index contributed by atoms with van der Waals surface area (Å²) in [4.78, 5) is 16.2. The summed E-state index contributed by atoms with van der Waals surface area (Å²) >= 11 is 0. The molecule has 2 aromatic carbocycles. The molecule has 0 aliphatic carbocycles. The van der Waals surface area contributed by atoms with Gasteiger partial charge in [0.15, 0.2) is 5.70 Å². The minimum atomic E-state index is -0.459. The van der Waals surface area contributed by atoms with Crippen molar-refractivity contribution in [2.75, 3.05) is 7.11 Å². The summed E-state index contributed by atoms with van der Waals surface area (Å²) in [5.74, 6) is 0.421. The van der Waals surface area contributed by atoms with Crippen molar-refractivity contribution in [1.82, 2.24) is 0 Å². The number of rotatable bonds is 3. The number of benzene rings is 2. The first-order chi connectivity index (χ1) is 10.3. The quantitative estimate of drug-likeness (QED) is 0.641. The topological polar surface area (TPSA) is 47.9 Å². The van der Waals surface area contributed by atoms with Gasteiger partial charge in [0.1, 0.15) is 5.75 Å². The van der Waals surface area contributed by atoms with Crippen molar-refractivity contribution in [1.29, 1.82) is 0 Å². The zero-order chi connectivity index (χ0) is 14.7. The Kier molecular flexibility index (Phi) is 3.51. The maximum atomic E-state index is 11.9. The second-order valence-electron chi connectivity index (χ2n) is 4.45. The Hall–Kier alpha value is -2.88. The van der Waals surface area contributed by atoms with E-state index >= 15 is 0 Å². The first-order valence-electron chi connectivity index (χ1n) is 6.49. The highest BCUT2D eigenvalue weighted by Crippen LogP contribution is 2.24. The van der Waals surface area contributed by atoms with Gasteiger partial charge in [0.25, 0.3) is 0 Å². The highest BCUT2D eigenvalue weighted by atomic mass is 16.6. The second-order valence-corrected chi connectivity index (χ2v) is 4.45. The van der Waals surface area contributed by atoms with Crippen molar-refractivity contribution in [2.45, 2.75) is 0 Å². The van der Waals surface area contributed by atoms with Crippen LogP contribution in [0.3, 0.4) is 0 Å². The molecule has 21 heavy (non-hydrogen) atoms. The predicted molar refractivity (Wildman–Crippen MR) is 80.0 cm³/mol. The molecule has 0 atom stereocenters. The molecule has 0 amide bonds. The third kappa shape index (κ3) is 2.69. The van der Waals surface area contributed by atoms with Crippen molar-refractivity contribution < 1.29 is 14.3 Å². The molecule has 0 spiro atoms. The lowest BCUT2D eigenvalue weighted by atomic mass is 10.2. The number of carbonyl (C=O) groups excluding carboxylic acids is 1. The lowest BCUT2D eigenvalue weighted by Crippen LogP contribution is -2.06. The van der Waals surface area contributed by atoms with Gasteiger partial charge in [0.2, 0.25) is 5.90 Å². The van der Waals surface area contributed by atoms with E-state index in [2.05, 4.69) is 4.99 Å². The van der Waals surface area contributed by atoms with Crippen LogP contribution in [0.2, 0.25) is 0 Å². The molecular formula is C17H13NO3. The highest BCUT2D eigenvalue weighted by Gasteiger charge is 2.25. The molecular weight excluding hydrogens is 266 g/mol. The van der Waals surface area contributed by atoms with Gasteiger partial charge >= 0.3 is 5.97 Å². The lowest BCUT2D eigenvalue weighted by Gasteiger charge is -2.05. The maximum absolute atomic E-state index is 11.9. The molecule has 4 heteroatoms. The fraction of sp³-hybridized carbons (Fsp3) is 0.0588. The standard InChI is InChI=1S/C17H13NO3/c1-20-15-10-6-5-9-13(15)16-18-14(17(19)21-16)11-12-7-3-2-4-8-12/h2-11H,1H3/b14-11-. The highest BCUT2D eigenvalue weighted by molar-refractivity contribution is 6.13. The molecule has 0 radical (unpaired) electrons.